The Labute approximate surface area is 182 Å². The third-order valence-electron chi connectivity index (χ3n) is 4.83. The van der Waals surface area contributed by atoms with Gasteiger partial charge in [0.2, 0.25) is 5.91 Å². The van der Waals surface area contributed by atoms with Crippen LogP contribution in [-0.2, 0) is 22.4 Å². The first-order chi connectivity index (χ1) is 14.1. The van der Waals surface area contributed by atoms with Gasteiger partial charge in [-0.3, -0.25) is 9.79 Å². The molecule has 0 fully saturated rings. The zero-order chi connectivity index (χ0) is 20.4. The summed E-state index contributed by atoms with van der Waals surface area (Å²) in [6.45, 7) is 4.78. The third-order valence-corrected chi connectivity index (χ3v) is 8.32. The maximum Gasteiger partial charge on any atom is 0.341 e. The predicted octanol–water partition coefficient (Wildman–Crippen LogP) is 4.85. The van der Waals surface area contributed by atoms with Crippen LogP contribution in [0.1, 0.15) is 35.3 Å². The Kier molecular flexibility index (Phi) is 6.32. The minimum absolute atomic E-state index is 0.123. The minimum atomic E-state index is -0.365. The number of anilines is 1. The molecule has 29 heavy (non-hydrogen) atoms. The van der Waals surface area contributed by atoms with Gasteiger partial charge in [-0.05, 0) is 43.4 Å². The number of thioether (sulfide) groups is 2. The van der Waals surface area contributed by atoms with Gasteiger partial charge in [0.15, 0.2) is 0 Å². The molecule has 8 heteroatoms. The quantitative estimate of drug-likeness (QED) is 0.665. The number of fused-ring (bicyclic) bond motifs is 3. The smallest absolute Gasteiger partial charge is 0.341 e. The molecule has 2 aromatic rings. The molecule has 2 aliphatic rings. The molecule has 4 rings (SSSR count). The van der Waals surface area contributed by atoms with Crippen molar-refractivity contribution in [2.75, 3.05) is 24.2 Å². The van der Waals surface area contributed by atoms with Crippen LogP contribution in [0.2, 0.25) is 0 Å². The van der Waals surface area contributed by atoms with E-state index in [1.165, 1.54) is 28.7 Å². The van der Waals surface area contributed by atoms with E-state index >= 15 is 0 Å². The van der Waals surface area contributed by atoms with Gasteiger partial charge in [-0.25, -0.2) is 4.79 Å². The average molecular weight is 447 g/mol. The molecule has 1 aromatic heterocycles. The lowest BCUT2D eigenvalue weighted by atomic mass is 9.89. The van der Waals surface area contributed by atoms with Gasteiger partial charge in [-0.1, -0.05) is 47.8 Å². The zero-order valence-electron chi connectivity index (χ0n) is 16.3. The van der Waals surface area contributed by atoms with Gasteiger partial charge < -0.3 is 10.1 Å². The molecule has 1 aromatic carbocycles. The van der Waals surface area contributed by atoms with E-state index < -0.39 is 0 Å². The Bertz CT molecular complexity index is 984. The molecule has 1 aliphatic carbocycles. The molecule has 5 nitrogen and oxygen atoms in total. The predicted molar refractivity (Wildman–Crippen MR) is 124 cm³/mol. The van der Waals surface area contributed by atoms with Gasteiger partial charge in [-0.2, -0.15) is 0 Å². The molecule has 1 amide bonds. The summed E-state index contributed by atoms with van der Waals surface area (Å²) < 4.78 is 6.28. The van der Waals surface area contributed by atoms with Crippen molar-refractivity contribution in [3.63, 3.8) is 0 Å². The SMILES string of the molecule is CCOC(=O)c1c(NC(=O)C(C)SC2=NCCS2)sc2c1CCc1ccccc1-2. The Balaban J connectivity index is 1.65. The molecule has 0 bridgehead atoms. The number of thiophene rings is 1. The van der Waals surface area contributed by atoms with E-state index in [-0.39, 0.29) is 17.1 Å². The number of aliphatic imine (C=N–C) groups is 1. The van der Waals surface area contributed by atoms with E-state index in [4.69, 9.17) is 4.74 Å². The Morgan fingerprint density at radius 1 is 1.31 bits per heavy atom. The maximum absolute atomic E-state index is 12.8. The van der Waals surface area contributed by atoms with Gasteiger partial charge in [0.25, 0.3) is 0 Å². The van der Waals surface area contributed by atoms with Crippen molar-refractivity contribution in [2.45, 2.75) is 31.9 Å². The van der Waals surface area contributed by atoms with E-state index in [1.807, 2.05) is 19.1 Å². The van der Waals surface area contributed by atoms with Crippen LogP contribution in [0.25, 0.3) is 10.4 Å². The highest BCUT2D eigenvalue weighted by molar-refractivity contribution is 8.39. The van der Waals surface area contributed by atoms with E-state index in [9.17, 15) is 9.59 Å². The minimum Gasteiger partial charge on any atom is -0.462 e. The summed E-state index contributed by atoms with van der Waals surface area (Å²) in [4.78, 5) is 31.1. The molecule has 1 atom stereocenters. The van der Waals surface area contributed by atoms with Gasteiger partial charge in [0.1, 0.15) is 9.38 Å². The molecule has 1 aliphatic heterocycles. The lowest BCUT2D eigenvalue weighted by Crippen LogP contribution is -2.24. The highest BCUT2D eigenvalue weighted by Gasteiger charge is 2.30. The fourth-order valence-corrected chi connectivity index (χ4v) is 6.88. The van der Waals surface area contributed by atoms with Gasteiger partial charge in [0.05, 0.1) is 24.0 Å². The van der Waals surface area contributed by atoms with Crippen LogP contribution < -0.4 is 5.32 Å². The normalized spacial score (nSPS) is 15.9. The van der Waals surface area contributed by atoms with E-state index in [0.717, 1.165) is 45.5 Å². The second kappa shape index (κ2) is 8.93. The summed E-state index contributed by atoms with van der Waals surface area (Å²) in [7, 11) is 0. The standard InChI is InChI=1S/C21H22N2O3S3/c1-3-26-20(25)16-15-9-8-13-6-4-5-7-14(13)17(15)29-19(16)23-18(24)12(2)28-21-22-10-11-27-21/h4-7,12H,3,8-11H2,1-2H3,(H,23,24). The number of ether oxygens (including phenoxy) is 1. The Morgan fingerprint density at radius 2 is 2.14 bits per heavy atom. The molecule has 0 saturated heterocycles. The Morgan fingerprint density at radius 3 is 2.90 bits per heavy atom. The summed E-state index contributed by atoms with van der Waals surface area (Å²) in [5.74, 6) is 0.485. The number of hydrogen-bond acceptors (Lipinski definition) is 7. The first kappa shape index (κ1) is 20.5. The number of carbonyl (C=O) groups is 2. The van der Waals surface area contributed by atoms with Crippen molar-refractivity contribution in [3.05, 3.63) is 41.0 Å². The topological polar surface area (TPSA) is 67.8 Å². The number of benzene rings is 1. The van der Waals surface area contributed by atoms with Gasteiger partial charge in [0, 0.05) is 10.6 Å². The number of hydrogen-bond donors (Lipinski definition) is 1. The van der Waals surface area contributed by atoms with E-state index in [2.05, 4.69) is 22.4 Å². The second-order valence-corrected chi connectivity index (χ2v) is 10.4. The first-order valence-electron chi connectivity index (χ1n) is 9.64. The number of amides is 1. The molecule has 1 unspecified atom stereocenters. The van der Waals surface area contributed by atoms with Crippen molar-refractivity contribution < 1.29 is 14.3 Å². The zero-order valence-corrected chi connectivity index (χ0v) is 18.8. The van der Waals surface area contributed by atoms with Crippen LogP contribution in [0, 0.1) is 0 Å². The Hall–Kier alpha value is -1.77. The summed E-state index contributed by atoms with van der Waals surface area (Å²) >= 11 is 4.63. The van der Waals surface area contributed by atoms with Crippen LogP contribution in [-0.4, -0.2) is 40.4 Å². The highest BCUT2D eigenvalue weighted by Crippen LogP contribution is 2.45. The molecule has 0 radical (unpaired) electrons. The summed E-state index contributed by atoms with van der Waals surface area (Å²) in [5.41, 5.74) is 3.91. The van der Waals surface area contributed by atoms with Crippen LogP contribution in [0.5, 0.6) is 0 Å². The third kappa shape index (κ3) is 4.25. The molecule has 1 N–H and O–H groups in total. The van der Waals surface area contributed by atoms with E-state index in [0.29, 0.717) is 17.2 Å². The summed E-state index contributed by atoms with van der Waals surface area (Å²) in [6, 6.07) is 8.25. The van der Waals surface area contributed by atoms with Gasteiger partial charge in [-0.15, -0.1) is 11.3 Å². The summed E-state index contributed by atoms with van der Waals surface area (Å²) in [6.07, 6.45) is 1.65. The van der Waals surface area contributed by atoms with Crippen molar-refractivity contribution >= 4 is 56.1 Å². The molecule has 2 heterocycles. The van der Waals surface area contributed by atoms with Crippen molar-refractivity contribution in [1.82, 2.24) is 0 Å². The number of esters is 1. The van der Waals surface area contributed by atoms with Crippen LogP contribution in [0.15, 0.2) is 29.3 Å². The fourth-order valence-electron chi connectivity index (χ4n) is 3.45. The van der Waals surface area contributed by atoms with Crippen LogP contribution in [0.3, 0.4) is 0 Å². The second-order valence-electron chi connectivity index (χ2n) is 6.74. The fraction of sp³-hybridized carbons (Fsp3) is 0.381. The molecule has 0 saturated carbocycles. The molecular weight excluding hydrogens is 424 g/mol. The van der Waals surface area contributed by atoms with Gasteiger partial charge >= 0.3 is 5.97 Å². The van der Waals surface area contributed by atoms with E-state index in [1.54, 1.807) is 18.7 Å². The summed E-state index contributed by atoms with van der Waals surface area (Å²) in [5, 5.41) is 3.30. The first-order valence-corrected chi connectivity index (χ1v) is 12.3. The van der Waals surface area contributed by atoms with Crippen LogP contribution in [0.4, 0.5) is 5.00 Å². The number of carbonyl (C=O) groups excluding carboxylic acids is 2. The van der Waals surface area contributed by atoms with Crippen molar-refractivity contribution in [2.24, 2.45) is 4.99 Å². The lowest BCUT2D eigenvalue weighted by Gasteiger charge is -2.16. The molecule has 152 valence electrons. The largest absolute Gasteiger partial charge is 0.462 e. The number of nitrogens with zero attached hydrogens (tertiary/aromatic N) is 1. The number of aryl methyl sites for hydroxylation is 1. The highest BCUT2D eigenvalue weighted by atomic mass is 32.2. The van der Waals surface area contributed by atoms with Crippen molar-refractivity contribution in [3.8, 4) is 10.4 Å². The average Bonchev–Trinajstić information content (AvgIpc) is 3.35. The maximum atomic E-state index is 12.8. The number of nitrogens with one attached hydrogen (secondary N) is 1. The molecular formula is C21H22N2O3S3. The monoisotopic (exact) mass is 446 g/mol. The number of rotatable bonds is 5. The molecule has 0 spiro atoms. The van der Waals surface area contributed by atoms with Crippen molar-refractivity contribution in [1.29, 1.82) is 0 Å². The lowest BCUT2D eigenvalue weighted by molar-refractivity contribution is -0.115. The van der Waals surface area contributed by atoms with Crippen LogP contribution >= 0.6 is 34.9 Å².